The summed E-state index contributed by atoms with van der Waals surface area (Å²) in [7, 11) is 0. The quantitative estimate of drug-likeness (QED) is 0.869. The number of hydrogen-bond acceptors (Lipinski definition) is 5. The highest BCUT2D eigenvalue weighted by atomic mass is 19.4. The average molecular weight is 392 g/mol. The van der Waals surface area contributed by atoms with Crippen LogP contribution in [0.25, 0.3) is 11.4 Å². The average Bonchev–Trinajstić information content (AvgIpc) is 3.14. The van der Waals surface area contributed by atoms with E-state index in [1.165, 1.54) is 12.4 Å². The number of anilines is 1. The van der Waals surface area contributed by atoms with E-state index in [1.807, 2.05) is 4.90 Å². The number of nitrogens with zero attached hydrogens (tertiary/aromatic N) is 5. The molecule has 0 unspecified atom stereocenters. The second-order valence-electron chi connectivity index (χ2n) is 6.81. The van der Waals surface area contributed by atoms with E-state index >= 15 is 0 Å². The Morgan fingerprint density at radius 2 is 1.79 bits per heavy atom. The van der Waals surface area contributed by atoms with Gasteiger partial charge in [0.15, 0.2) is 11.5 Å². The fraction of sp³-hybridized carbons (Fsp3) is 0.444. The SMILES string of the molecule is O=C1NCCN1C1CCN(c2cc(C(F)(F)F)nc(-c3ccncc3)n2)CC1. The number of carbonyl (C=O) groups is 1. The van der Waals surface area contributed by atoms with Crippen LogP contribution in [0, 0.1) is 0 Å². The molecule has 2 amide bonds. The summed E-state index contributed by atoms with van der Waals surface area (Å²) in [6.07, 6.45) is -0.214. The maximum Gasteiger partial charge on any atom is 0.433 e. The molecule has 2 aromatic heterocycles. The molecular weight excluding hydrogens is 373 g/mol. The third kappa shape index (κ3) is 3.71. The van der Waals surface area contributed by atoms with Crippen molar-refractivity contribution < 1.29 is 18.0 Å². The lowest BCUT2D eigenvalue weighted by molar-refractivity contribution is -0.141. The molecule has 0 spiro atoms. The number of carbonyl (C=O) groups excluding carboxylic acids is 1. The molecule has 28 heavy (non-hydrogen) atoms. The molecule has 2 fully saturated rings. The molecule has 0 atom stereocenters. The Balaban J connectivity index is 1.58. The fourth-order valence-electron chi connectivity index (χ4n) is 3.61. The summed E-state index contributed by atoms with van der Waals surface area (Å²) in [6.45, 7) is 2.35. The number of alkyl halides is 3. The Labute approximate surface area is 159 Å². The lowest BCUT2D eigenvalue weighted by atomic mass is 10.0. The molecule has 4 rings (SSSR count). The van der Waals surface area contributed by atoms with Gasteiger partial charge in [0.2, 0.25) is 0 Å². The third-order valence-electron chi connectivity index (χ3n) is 5.06. The maximum absolute atomic E-state index is 13.4. The van der Waals surface area contributed by atoms with Crippen LogP contribution in [0.2, 0.25) is 0 Å². The van der Waals surface area contributed by atoms with Crippen LogP contribution in [0.15, 0.2) is 30.6 Å². The molecular formula is C18H19F3N6O. The van der Waals surface area contributed by atoms with Gasteiger partial charge >= 0.3 is 12.2 Å². The highest BCUT2D eigenvalue weighted by Gasteiger charge is 2.35. The van der Waals surface area contributed by atoms with Gasteiger partial charge in [0.25, 0.3) is 0 Å². The summed E-state index contributed by atoms with van der Waals surface area (Å²) in [5.74, 6) is 0.270. The van der Waals surface area contributed by atoms with Crippen molar-refractivity contribution in [1.29, 1.82) is 0 Å². The molecule has 2 aliphatic rings. The number of nitrogens with one attached hydrogen (secondary N) is 1. The number of piperidine rings is 1. The second kappa shape index (κ2) is 7.25. The van der Waals surface area contributed by atoms with Crippen LogP contribution in [0.4, 0.5) is 23.8 Å². The normalized spacial score (nSPS) is 18.5. The third-order valence-corrected chi connectivity index (χ3v) is 5.06. The summed E-state index contributed by atoms with van der Waals surface area (Å²) in [5, 5.41) is 2.78. The summed E-state index contributed by atoms with van der Waals surface area (Å²) in [5.41, 5.74) is -0.490. The van der Waals surface area contributed by atoms with E-state index in [0.717, 1.165) is 6.07 Å². The minimum Gasteiger partial charge on any atom is -0.356 e. The van der Waals surface area contributed by atoms with Crippen LogP contribution >= 0.6 is 0 Å². The zero-order chi connectivity index (χ0) is 19.7. The highest BCUT2D eigenvalue weighted by molar-refractivity contribution is 5.76. The van der Waals surface area contributed by atoms with E-state index in [4.69, 9.17) is 0 Å². The van der Waals surface area contributed by atoms with E-state index in [0.29, 0.717) is 44.6 Å². The van der Waals surface area contributed by atoms with Crippen LogP contribution in [-0.2, 0) is 6.18 Å². The molecule has 0 aromatic carbocycles. The van der Waals surface area contributed by atoms with Gasteiger partial charge in [-0.25, -0.2) is 14.8 Å². The van der Waals surface area contributed by atoms with Crippen molar-refractivity contribution in [2.45, 2.75) is 25.1 Å². The van der Waals surface area contributed by atoms with Crippen molar-refractivity contribution in [2.24, 2.45) is 0 Å². The largest absolute Gasteiger partial charge is 0.433 e. The second-order valence-corrected chi connectivity index (χ2v) is 6.81. The summed E-state index contributed by atoms with van der Waals surface area (Å²) in [4.78, 5) is 27.4. The van der Waals surface area contributed by atoms with Gasteiger partial charge < -0.3 is 15.1 Å². The van der Waals surface area contributed by atoms with Crippen LogP contribution in [0.5, 0.6) is 0 Å². The first-order chi connectivity index (χ1) is 13.4. The van der Waals surface area contributed by atoms with Crippen molar-refractivity contribution in [3.05, 3.63) is 36.3 Å². The molecule has 2 saturated heterocycles. The molecule has 7 nitrogen and oxygen atoms in total. The Kier molecular flexibility index (Phi) is 4.78. The van der Waals surface area contributed by atoms with E-state index < -0.39 is 11.9 Å². The first-order valence-electron chi connectivity index (χ1n) is 9.08. The van der Waals surface area contributed by atoms with Gasteiger partial charge in [0.1, 0.15) is 5.82 Å². The van der Waals surface area contributed by atoms with Gasteiger partial charge in [-0.1, -0.05) is 0 Å². The van der Waals surface area contributed by atoms with Gasteiger partial charge in [-0.15, -0.1) is 0 Å². The van der Waals surface area contributed by atoms with Gasteiger partial charge in [0.05, 0.1) is 0 Å². The van der Waals surface area contributed by atoms with Crippen molar-refractivity contribution in [2.75, 3.05) is 31.1 Å². The lowest BCUT2D eigenvalue weighted by Gasteiger charge is -2.36. The van der Waals surface area contributed by atoms with Crippen LogP contribution in [0.3, 0.4) is 0 Å². The molecule has 2 aliphatic heterocycles. The molecule has 0 saturated carbocycles. The number of amides is 2. The zero-order valence-corrected chi connectivity index (χ0v) is 15.0. The molecule has 4 heterocycles. The number of halogens is 3. The Morgan fingerprint density at radius 1 is 1.07 bits per heavy atom. The predicted octanol–water partition coefficient (Wildman–Crippen LogP) is 2.55. The van der Waals surface area contributed by atoms with Gasteiger partial charge in [0, 0.05) is 56.2 Å². The zero-order valence-electron chi connectivity index (χ0n) is 15.0. The van der Waals surface area contributed by atoms with E-state index in [1.54, 1.807) is 17.0 Å². The number of aromatic nitrogens is 3. The molecule has 2 aromatic rings. The first kappa shape index (κ1) is 18.5. The van der Waals surface area contributed by atoms with Gasteiger partial charge in [-0.2, -0.15) is 13.2 Å². The van der Waals surface area contributed by atoms with Crippen molar-refractivity contribution in [3.63, 3.8) is 0 Å². The Morgan fingerprint density at radius 3 is 2.39 bits per heavy atom. The van der Waals surface area contributed by atoms with Gasteiger partial charge in [-0.05, 0) is 25.0 Å². The minimum absolute atomic E-state index is 0.0215. The molecule has 1 N–H and O–H groups in total. The van der Waals surface area contributed by atoms with Crippen LogP contribution < -0.4 is 10.2 Å². The Bertz CT molecular complexity index is 852. The molecule has 10 heteroatoms. The fourth-order valence-corrected chi connectivity index (χ4v) is 3.61. The standard InChI is InChI=1S/C18H19F3N6O/c19-18(20,21)14-11-15(25-16(24-14)12-1-5-22-6-2-12)26-8-3-13(4-9-26)27-10-7-23-17(27)28/h1-2,5-6,11,13H,3-4,7-10H2,(H,23,28). The van der Waals surface area contributed by atoms with Crippen molar-refractivity contribution >= 4 is 11.8 Å². The van der Waals surface area contributed by atoms with E-state index in [-0.39, 0.29) is 23.7 Å². The first-order valence-corrected chi connectivity index (χ1v) is 9.08. The summed E-state index contributed by atoms with van der Waals surface area (Å²) >= 11 is 0. The van der Waals surface area contributed by atoms with Gasteiger partial charge in [-0.3, -0.25) is 4.98 Å². The Hall–Kier alpha value is -2.91. The van der Waals surface area contributed by atoms with Crippen LogP contribution in [0.1, 0.15) is 18.5 Å². The molecule has 148 valence electrons. The summed E-state index contributed by atoms with van der Waals surface area (Å²) < 4.78 is 40.1. The molecule has 0 aliphatic carbocycles. The number of hydrogen-bond donors (Lipinski definition) is 1. The molecule has 0 radical (unpaired) electrons. The number of rotatable bonds is 3. The predicted molar refractivity (Wildman–Crippen MR) is 95.6 cm³/mol. The van der Waals surface area contributed by atoms with Crippen LogP contribution in [-0.4, -0.2) is 58.1 Å². The van der Waals surface area contributed by atoms with Crippen molar-refractivity contribution in [3.8, 4) is 11.4 Å². The van der Waals surface area contributed by atoms with E-state index in [2.05, 4.69) is 20.3 Å². The number of urea groups is 1. The molecule has 0 bridgehead atoms. The maximum atomic E-state index is 13.4. The number of pyridine rings is 1. The minimum atomic E-state index is -4.56. The topological polar surface area (TPSA) is 74.2 Å². The smallest absolute Gasteiger partial charge is 0.356 e. The summed E-state index contributed by atoms with van der Waals surface area (Å²) in [6, 6.07) is 4.19. The monoisotopic (exact) mass is 392 g/mol. The lowest BCUT2D eigenvalue weighted by Crippen LogP contribution is -2.46. The highest BCUT2D eigenvalue weighted by Crippen LogP contribution is 2.32. The van der Waals surface area contributed by atoms with E-state index in [9.17, 15) is 18.0 Å². The van der Waals surface area contributed by atoms with Crippen molar-refractivity contribution in [1.82, 2.24) is 25.2 Å².